The van der Waals surface area contributed by atoms with Crippen molar-refractivity contribution >= 4 is 11.9 Å². The highest BCUT2D eigenvalue weighted by Crippen LogP contribution is 2.75. The largest absolute Gasteiger partial charge is 0.481 e. The number of allylic oxidation sites excluding steroid dienone is 2. The smallest absolute Gasteiger partial charge is 0.310 e. The Morgan fingerprint density at radius 1 is 1.00 bits per heavy atom. The number of carboxylic acid groups (broad SMARTS) is 1. The molecular weight excluding hydrogens is 496 g/mol. The molecule has 218 valence electrons. The Balaban J connectivity index is 1.47. The van der Waals surface area contributed by atoms with Crippen molar-refractivity contribution in [2.75, 3.05) is 7.05 Å². The topological polar surface area (TPSA) is 79.3 Å². The van der Waals surface area contributed by atoms with Gasteiger partial charge in [0.1, 0.15) is 0 Å². The number of aromatic nitrogens is 1. The second-order valence-electron chi connectivity index (χ2n) is 15.8. The summed E-state index contributed by atoms with van der Waals surface area (Å²) in [6.07, 6.45) is 12.2. The van der Waals surface area contributed by atoms with Crippen molar-refractivity contribution in [1.29, 1.82) is 0 Å². The highest BCUT2D eigenvalue weighted by Gasteiger charge is 2.69. The first-order valence-electron chi connectivity index (χ1n) is 15.8. The van der Waals surface area contributed by atoms with E-state index < -0.39 is 11.4 Å². The molecule has 5 aliphatic carbocycles. The minimum absolute atomic E-state index is 0.00540. The molecule has 1 heterocycles. The molecule has 5 nitrogen and oxygen atoms in total. The van der Waals surface area contributed by atoms with Crippen LogP contribution in [0.5, 0.6) is 0 Å². The number of carboxylic acids is 1. The number of fused-ring (bicyclic) bond motifs is 8. The highest BCUT2D eigenvalue weighted by atomic mass is 16.4. The predicted octanol–water partition coefficient (Wildman–Crippen LogP) is 7.20. The molecule has 2 N–H and O–H groups in total. The van der Waals surface area contributed by atoms with Crippen LogP contribution in [-0.2, 0) is 16.6 Å². The van der Waals surface area contributed by atoms with E-state index in [1.165, 1.54) is 29.7 Å². The van der Waals surface area contributed by atoms with E-state index >= 15 is 0 Å². The number of nitrogens with zero attached hydrogens (tertiary/aromatic N) is 1. The first-order chi connectivity index (χ1) is 18.7. The Bertz CT molecular complexity index is 1300. The zero-order chi connectivity index (χ0) is 29.0. The van der Waals surface area contributed by atoms with Crippen molar-refractivity contribution in [2.45, 2.75) is 105 Å². The van der Waals surface area contributed by atoms with E-state index in [0.29, 0.717) is 29.2 Å². The van der Waals surface area contributed by atoms with Crippen LogP contribution in [0.3, 0.4) is 0 Å². The normalized spacial score (nSPS) is 45.0. The zero-order valence-corrected chi connectivity index (χ0v) is 26.0. The van der Waals surface area contributed by atoms with Gasteiger partial charge in [0.2, 0.25) is 0 Å². The van der Waals surface area contributed by atoms with Crippen LogP contribution in [0.2, 0.25) is 0 Å². The van der Waals surface area contributed by atoms with E-state index in [2.05, 4.69) is 65.9 Å². The summed E-state index contributed by atoms with van der Waals surface area (Å²) in [5.74, 6) is 1.45. The van der Waals surface area contributed by atoms with E-state index in [4.69, 9.17) is 4.98 Å². The van der Waals surface area contributed by atoms with Gasteiger partial charge >= 0.3 is 5.97 Å². The lowest BCUT2D eigenvalue weighted by Crippen LogP contribution is -2.65. The lowest BCUT2D eigenvalue weighted by atomic mass is 9.33. The maximum atomic E-state index is 13.0. The van der Waals surface area contributed by atoms with Gasteiger partial charge in [-0.25, -0.2) is 0 Å². The molecule has 0 unspecified atom stereocenters. The van der Waals surface area contributed by atoms with Gasteiger partial charge in [0.25, 0.3) is 5.91 Å². The molecule has 3 saturated carbocycles. The Morgan fingerprint density at radius 3 is 2.40 bits per heavy atom. The zero-order valence-electron chi connectivity index (χ0n) is 26.0. The van der Waals surface area contributed by atoms with Gasteiger partial charge in [0.05, 0.1) is 11.0 Å². The third-order valence-corrected chi connectivity index (χ3v) is 14.2. The SMILES string of the molecule is CNC(=O)c1cnc2c(c1)C[C@]1(C)[C@H]3CC=C4[C@@H]5[C@@H](C)[C@H](C)CC[C@]5(C(=O)O)CC[C@@]4(C)[C@]3(C)CC[C@H]1C2(C)C. The fourth-order valence-corrected chi connectivity index (χ4v) is 11.7. The quantitative estimate of drug-likeness (QED) is 0.385. The third-order valence-electron chi connectivity index (χ3n) is 14.2. The summed E-state index contributed by atoms with van der Waals surface area (Å²) in [5, 5.41) is 13.4. The van der Waals surface area contributed by atoms with E-state index in [0.717, 1.165) is 38.5 Å². The monoisotopic (exact) mass is 546 g/mol. The van der Waals surface area contributed by atoms with Crippen LogP contribution >= 0.6 is 0 Å². The Morgan fingerprint density at radius 2 is 1.73 bits per heavy atom. The van der Waals surface area contributed by atoms with Crippen LogP contribution in [0, 0.1) is 51.2 Å². The summed E-state index contributed by atoms with van der Waals surface area (Å²) < 4.78 is 0. The molecule has 0 saturated heterocycles. The van der Waals surface area contributed by atoms with Gasteiger partial charge in [-0.1, -0.05) is 60.1 Å². The van der Waals surface area contributed by atoms with Crippen molar-refractivity contribution in [3.8, 4) is 0 Å². The van der Waals surface area contributed by atoms with Crippen LogP contribution in [-0.4, -0.2) is 29.0 Å². The van der Waals surface area contributed by atoms with Gasteiger partial charge < -0.3 is 10.4 Å². The van der Waals surface area contributed by atoms with Gasteiger partial charge in [-0.2, -0.15) is 0 Å². The van der Waals surface area contributed by atoms with Crippen LogP contribution in [0.4, 0.5) is 0 Å². The van der Waals surface area contributed by atoms with E-state index in [9.17, 15) is 14.7 Å². The summed E-state index contributed by atoms with van der Waals surface area (Å²) in [4.78, 5) is 30.4. The van der Waals surface area contributed by atoms with Crippen molar-refractivity contribution in [2.24, 2.45) is 51.2 Å². The van der Waals surface area contributed by atoms with Crippen LogP contribution in [0.25, 0.3) is 0 Å². The number of hydrogen-bond acceptors (Lipinski definition) is 3. The highest BCUT2D eigenvalue weighted by molar-refractivity contribution is 5.93. The van der Waals surface area contributed by atoms with Gasteiger partial charge in [-0.3, -0.25) is 14.6 Å². The Kier molecular flexibility index (Phi) is 6.07. The average Bonchev–Trinajstić information content (AvgIpc) is 2.89. The molecule has 5 heteroatoms. The number of hydrogen-bond donors (Lipinski definition) is 2. The van der Waals surface area contributed by atoms with E-state index in [-0.39, 0.29) is 33.5 Å². The molecular formula is C35H50N2O3. The number of pyridine rings is 1. The van der Waals surface area contributed by atoms with Crippen molar-refractivity contribution in [3.05, 3.63) is 40.7 Å². The number of carbonyl (C=O) groups is 2. The summed E-state index contributed by atoms with van der Waals surface area (Å²) in [6.45, 7) is 17.0. The summed E-state index contributed by atoms with van der Waals surface area (Å²) in [7, 11) is 1.68. The number of rotatable bonds is 2. The van der Waals surface area contributed by atoms with Gasteiger partial charge in [-0.05, 0) is 109 Å². The molecule has 5 aliphatic rings. The molecule has 40 heavy (non-hydrogen) atoms. The predicted molar refractivity (Wildman–Crippen MR) is 158 cm³/mol. The molecule has 1 amide bonds. The van der Waals surface area contributed by atoms with Crippen LogP contribution in [0.1, 0.15) is 115 Å². The molecule has 0 aliphatic heterocycles. The molecule has 0 aromatic carbocycles. The second-order valence-corrected chi connectivity index (χ2v) is 15.8. The molecule has 6 rings (SSSR count). The maximum absolute atomic E-state index is 13.0. The second kappa shape index (κ2) is 8.67. The van der Waals surface area contributed by atoms with Crippen molar-refractivity contribution in [1.82, 2.24) is 10.3 Å². The van der Waals surface area contributed by atoms with Gasteiger partial charge in [-0.15, -0.1) is 0 Å². The molecule has 0 spiro atoms. The maximum Gasteiger partial charge on any atom is 0.310 e. The average molecular weight is 547 g/mol. The molecule has 0 bridgehead atoms. The summed E-state index contributed by atoms with van der Waals surface area (Å²) >= 11 is 0. The molecule has 9 atom stereocenters. The minimum atomic E-state index is -0.602. The summed E-state index contributed by atoms with van der Waals surface area (Å²) in [6, 6.07) is 2.11. The Hall–Kier alpha value is -2.17. The first-order valence-corrected chi connectivity index (χ1v) is 15.8. The fourth-order valence-electron chi connectivity index (χ4n) is 11.7. The number of aliphatic carboxylic acids is 1. The first kappa shape index (κ1) is 28.0. The van der Waals surface area contributed by atoms with E-state index in [1.807, 2.05) is 0 Å². The molecule has 1 aromatic heterocycles. The molecule has 1 aromatic rings. The lowest BCUT2D eigenvalue weighted by Gasteiger charge is -2.70. The third kappa shape index (κ3) is 3.30. The van der Waals surface area contributed by atoms with Crippen LogP contribution in [0.15, 0.2) is 23.9 Å². The summed E-state index contributed by atoms with van der Waals surface area (Å²) in [5.41, 5.74) is 4.04. The number of carbonyl (C=O) groups excluding carboxylic acids is 1. The standard InChI is InChI=1S/C35H50N2O3/c1-20-11-14-35(30(39)40)16-15-33(6)24(27(35)21(20)2)9-10-26-32(5)18-22-17-23(29(38)36-8)19-37-28(22)31(3,4)25(32)12-13-34(26,33)7/h9,17,19-21,25-27H,10-16,18H2,1-8H3,(H,36,38)(H,39,40)/t20-,21+,25+,26-,27+,32+,33-,34-,35+/m1/s1. The molecule has 3 fully saturated rings. The number of nitrogens with one attached hydrogen (secondary N) is 1. The van der Waals surface area contributed by atoms with E-state index in [1.54, 1.807) is 13.2 Å². The van der Waals surface area contributed by atoms with Gasteiger partial charge in [0, 0.05) is 24.4 Å². The van der Waals surface area contributed by atoms with Crippen molar-refractivity contribution < 1.29 is 14.7 Å². The number of amides is 1. The van der Waals surface area contributed by atoms with Crippen molar-refractivity contribution in [3.63, 3.8) is 0 Å². The minimum Gasteiger partial charge on any atom is -0.481 e. The lowest BCUT2D eigenvalue weighted by molar-refractivity contribution is -0.179. The fraction of sp³-hybridized carbons (Fsp3) is 0.743. The van der Waals surface area contributed by atoms with Crippen LogP contribution < -0.4 is 5.32 Å². The van der Waals surface area contributed by atoms with Gasteiger partial charge in [0.15, 0.2) is 0 Å². The Labute approximate surface area is 241 Å². The molecule has 0 radical (unpaired) electrons.